The molecule has 1 unspecified atom stereocenters. The van der Waals surface area contributed by atoms with Gasteiger partial charge in [-0.3, -0.25) is 4.72 Å². The molecule has 1 aliphatic rings. The zero-order valence-corrected chi connectivity index (χ0v) is 19.4. The molecule has 172 valence electrons. The number of hydrogen-bond donors (Lipinski definition) is 1. The topological polar surface area (TPSA) is 95.9 Å². The number of hydrazone groups is 1. The molecule has 0 aliphatic carbocycles. The van der Waals surface area contributed by atoms with Gasteiger partial charge in [0.15, 0.2) is 0 Å². The minimum absolute atomic E-state index is 0.0452. The van der Waals surface area contributed by atoms with E-state index in [0.717, 1.165) is 22.1 Å². The van der Waals surface area contributed by atoms with E-state index >= 15 is 0 Å². The lowest BCUT2D eigenvalue weighted by Crippen LogP contribution is -2.27. The summed E-state index contributed by atoms with van der Waals surface area (Å²) in [5.74, 6) is -0.575. The number of rotatable bonds is 7. The molecule has 0 saturated carbocycles. The highest BCUT2D eigenvalue weighted by atomic mass is 32.2. The lowest BCUT2D eigenvalue weighted by atomic mass is 9.99. The van der Waals surface area contributed by atoms with E-state index in [1.54, 1.807) is 31.2 Å². The number of hydrogen-bond acceptors (Lipinski definition) is 5. The molecule has 0 fully saturated rings. The third-order valence-electron chi connectivity index (χ3n) is 5.29. The molecule has 4 rings (SSSR count). The van der Waals surface area contributed by atoms with Crippen LogP contribution in [0.15, 0.2) is 88.9 Å². The van der Waals surface area contributed by atoms with Gasteiger partial charge in [0, 0.05) is 12.1 Å². The van der Waals surface area contributed by atoms with Crippen LogP contribution in [0.5, 0.6) is 0 Å². The maximum Gasteiger partial charge on any atom is 0.279 e. The lowest BCUT2D eigenvalue weighted by Gasteiger charge is -2.23. The van der Waals surface area contributed by atoms with E-state index in [-0.39, 0.29) is 10.6 Å². The summed E-state index contributed by atoms with van der Waals surface area (Å²) in [4.78, 5) is -0.0563. The summed E-state index contributed by atoms with van der Waals surface area (Å²) in [6, 6.07) is 19.8. The molecular formula is C23H22FN3O4S2. The van der Waals surface area contributed by atoms with Gasteiger partial charge in [-0.25, -0.2) is 12.8 Å². The Kier molecular flexibility index (Phi) is 6.22. The Morgan fingerprint density at radius 1 is 0.939 bits per heavy atom. The van der Waals surface area contributed by atoms with Crippen LogP contribution in [0.1, 0.15) is 30.5 Å². The Bertz CT molecular complexity index is 1370. The fourth-order valence-corrected chi connectivity index (χ4v) is 5.58. The van der Waals surface area contributed by atoms with E-state index in [1.807, 2.05) is 30.3 Å². The number of nitrogens with one attached hydrogen (secondary N) is 1. The number of halogens is 1. The highest BCUT2D eigenvalue weighted by Gasteiger charge is 2.37. The maximum absolute atomic E-state index is 13.4. The van der Waals surface area contributed by atoms with Gasteiger partial charge in [0.25, 0.3) is 10.0 Å². The predicted molar refractivity (Wildman–Crippen MR) is 125 cm³/mol. The molecule has 1 N–H and O–H groups in total. The number of sulfonamides is 2. The number of anilines is 1. The average Bonchev–Trinajstić information content (AvgIpc) is 3.27. The quantitative estimate of drug-likeness (QED) is 0.542. The smallest absolute Gasteiger partial charge is 0.279 e. The van der Waals surface area contributed by atoms with E-state index < -0.39 is 31.9 Å². The Morgan fingerprint density at radius 2 is 1.58 bits per heavy atom. The normalized spacial score (nSPS) is 16.5. The van der Waals surface area contributed by atoms with Crippen LogP contribution < -0.4 is 4.72 Å². The minimum atomic E-state index is -4.04. The molecule has 1 aliphatic heterocycles. The van der Waals surface area contributed by atoms with Gasteiger partial charge in [0.05, 0.1) is 22.4 Å². The van der Waals surface area contributed by atoms with Gasteiger partial charge in [-0.2, -0.15) is 17.9 Å². The summed E-state index contributed by atoms with van der Waals surface area (Å²) < 4.78 is 67.2. The van der Waals surface area contributed by atoms with Crippen LogP contribution in [0.2, 0.25) is 0 Å². The highest BCUT2D eigenvalue weighted by molar-refractivity contribution is 7.92. The molecule has 1 atom stereocenters. The van der Waals surface area contributed by atoms with Gasteiger partial charge in [-0.15, -0.1) is 0 Å². The first-order chi connectivity index (χ1) is 15.7. The first-order valence-corrected chi connectivity index (χ1v) is 13.3. The second-order valence-electron chi connectivity index (χ2n) is 7.49. The van der Waals surface area contributed by atoms with E-state index in [1.165, 1.54) is 12.1 Å². The number of nitrogens with zero attached hydrogens (tertiary/aromatic N) is 2. The van der Waals surface area contributed by atoms with Crippen molar-refractivity contribution in [1.82, 2.24) is 4.41 Å². The van der Waals surface area contributed by atoms with Gasteiger partial charge in [0.1, 0.15) is 5.82 Å². The van der Waals surface area contributed by atoms with Crippen molar-refractivity contribution in [3.8, 4) is 0 Å². The Morgan fingerprint density at radius 3 is 2.18 bits per heavy atom. The summed E-state index contributed by atoms with van der Waals surface area (Å²) in [6.07, 6.45) is 0.324. The van der Waals surface area contributed by atoms with Crippen molar-refractivity contribution in [2.24, 2.45) is 5.10 Å². The van der Waals surface area contributed by atoms with E-state index in [9.17, 15) is 21.2 Å². The zero-order chi connectivity index (χ0) is 23.6. The van der Waals surface area contributed by atoms with Crippen LogP contribution in [0, 0.1) is 5.82 Å². The first-order valence-electron chi connectivity index (χ1n) is 10.2. The standard InChI is InChI=1S/C23H22FN3O4S2/c1-2-32(28,29)26-20-12-8-17(9-13-20)22-16-23(18-6-4-3-5-7-18)27(25-22)33(30,31)21-14-10-19(24)11-15-21/h3-15,23,26H,2,16H2,1H3. The molecule has 7 nitrogen and oxygen atoms in total. The van der Waals surface area contributed by atoms with Crippen LogP contribution in [-0.2, 0) is 20.0 Å². The van der Waals surface area contributed by atoms with Crippen molar-refractivity contribution in [3.05, 3.63) is 95.8 Å². The maximum atomic E-state index is 13.4. The van der Waals surface area contributed by atoms with Crippen LogP contribution in [0.4, 0.5) is 10.1 Å². The van der Waals surface area contributed by atoms with Crippen molar-refractivity contribution in [1.29, 1.82) is 0 Å². The van der Waals surface area contributed by atoms with Gasteiger partial charge in [-0.1, -0.05) is 42.5 Å². The molecule has 0 saturated heterocycles. The minimum Gasteiger partial charge on any atom is -0.284 e. The molecule has 0 radical (unpaired) electrons. The molecule has 10 heteroatoms. The van der Waals surface area contributed by atoms with Crippen molar-refractivity contribution < 1.29 is 21.2 Å². The van der Waals surface area contributed by atoms with Crippen molar-refractivity contribution in [3.63, 3.8) is 0 Å². The van der Waals surface area contributed by atoms with Crippen LogP contribution >= 0.6 is 0 Å². The summed E-state index contributed by atoms with van der Waals surface area (Å²) >= 11 is 0. The molecule has 0 amide bonds. The third kappa shape index (κ3) is 4.91. The SMILES string of the molecule is CCS(=O)(=O)Nc1ccc(C2=NN(S(=O)(=O)c3ccc(F)cc3)C(c3ccccc3)C2)cc1. The summed E-state index contributed by atoms with van der Waals surface area (Å²) in [5, 5.41) is 4.44. The van der Waals surface area contributed by atoms with Crippen molar-refractivity contribution in [2.75, 3.05) is 10.5 Å². The Hall–Kier alpha value is -3.24. The van der Waals surface area contributed by atoms with Crippen molar-refractivity contribution in [2.45, 2.75) is 24.3 Å². The Labute approximate surface area is 192 Å². The largest absolute Gasteiger partial charge is 0.284 e. The fourth-order valence-electron chi connectivity index (χ4n) is 3.51. The van der Waals surface area contributed by atoms with Crippen LogP contribution in [0.25, 0.3) is 0 Å². The molecule has 0 spiro atoms. The van der Waals surface area contributed by atoms with Gasteiger partial charge in [-0.05, 0) is 54.4 Å². The molecule has 3 aromatic carbocycles. The lowest BCUT2D eigenvalue weighted by molar-refractivity contribution is 0.371. The van der Waals surface area contributed by atoms with E-state index in [4.69, 9.17) is 0 Å². The third-order valence-corrected chi connectivity index (χ3v) is 8.29. The van der Waals surface area contributed by atoms with Crippen LogP contribution in [-0.4, -0.2) is 32.7 Å². The number of benzene rings is 3. The predicted octanol–water partition coefficient (Wildman–Crippen LogP) is 4.13. The fraction of sp³-hybridized carbons (Fsp3) is 0.174. The van der Waals surface area contributed by atoms with Crippen molar-refractivity contribution >= 4 is 31.4 Å². The highest BCUT2D eigenvalue weighted by Crippen LogP contribution is 2.37. The molecule has 1 heterocycles. The molecular weight excluding hydrogens is 465 g/mol. The summed E-state index contributed by atoms with van der Waals surface area (Å²) in [7, 11) is -7.45. The molecule has 0 aromatic heterocycles. The van der Waals surface area contributed by atoms with Gasteiger partial charge >= 0.3 is 0 Å². The summed E-state index contributed by atoms with van der Waals surface area (Å²) in [6.45, 7) is 1.55. The van der Waals surface area contributed by atoms with Gasteiger partial charge in [0.2, 0.25) is 10.0 Å². The van der Waals surface area contributed by atoms with Gasteiger partial charge < -0.3 is 0 Å². The second-order valence-corrected chi connectivity index (χ2v) is 11.3. The first kappa shape index (κ1) is 22.9. The molecule has 0 bridgehead atoms. The summed E-state index contributed by atoms with van der Waals surface area (Å²) in [5.41, 5.74) is 2.40. The van der Waals surface area contributed by atoms with E-state index in [2.05, 4.69) is 9.82 Å². The monoisotopic (exact) mass is 487 g/mol. The average molecular weight is 488 g/mol. The molecule has 3 aromatic rings. The second kappa shape index (κ2) is 8.95. The Balaban J connectivity index is 1.70. The van der Waals surface area contributed by atoms with Crippen LogP contribution in [0.3, 0.4) is 0 Å². The zero-order valence-electron chi connectivity index (χ0n) is 17.7. The van der Waals surface area contributed by atoms with E-state index in [0.29, 0.717) is 23.4 Å². The molecule has 33 heavy (non-hydrogen) atoms.